The number of carbonyl (C=O) groups excluding carboxylic acids is 4. The third-order valence-corrected chi connectivity index (χ3v) is 5.65. The van der Waals surface area contributed by atoms with E-state index in [1.807, 2.05) is 0 Å². The van der Waals surface area contributed by atoms with Gasteiger partial charge in [0.05, 0.1) is 5.56 Å². The van der Waals surface area contributed by atoms with Crippen molar-refractivity contribution in [1.82, 2.24) is 0 Å². The molecule has 1 amide bonds. The normalized spacial score (nSPS) is 13.8. The number of esters is 3. The molecule has 36 heavy (non-hydrogen) atoms. The lowest BCUT2D eigenvalue weighted by molar-refractivity contribution is -0.132. The van der Waals surface area contributed by atoms with Crippen LogP contribution in [-0.2, 0) is 19.9 Å². The molecule has 0 atom stereocenters. The Hall–Kier alpha value is -5.15. The number of hydrogen-bond acceptors (Lipinski definition) is 8. The van der Waals surface area contributed by atoms with Crippen molar-refractivity contribution in [2.24, 2.45) is 5.11 Å². The number of hydrogen-bond donors (Lipinski definition) is 0. The Morgan fingerprint density at radius 1 is 0.861 bits per heavy atom. The van der Waals surface area contributed by atoms with E-state index in [0.717, 1.165) is 0 Å². The van der Waals surface area contributed by atoms with Crippen molar-refractivity contribution in [3.8, 4) is 23.0 Å². The quantitative estimate of drug-likeness (QED) is 0.172. The van der Waals surface area contributed by atoms with Crippen molar-refractivity contribution >= 4 is 23.8 Å². The largest absolute Gasteiger partial charge is 0.456 e. The molecule has 2 aliphatic rings. The number of nitrogens with zero attached hydrogens (tertiary/aromatic N) is 3. The van der Waals surface area contributed by atoms with Crippen LogP contribution in [0.15, 0.2) is 59.7 Å². The molecule has 0 aliphatic carbocycles. The predicted molar refractivity (Wildman–Crippen MR) is 121 cm³/mol. The van der Waals surface area contributed by atoms with Crippen molar-refractivity contribution in [3.63, 3.8) is 0 Å². The number of benzene rings is 3. The summed E-state index contributed by atoms with van der Waals surface area (Å²) in [4.78, 5) is 50.9. The van der Waals surface area contributed by atoms with Gasteiger partial charge in [0.1, 0.15) is 23.0 Å². The Bertz CT molecular complexity index is 1490. The van der Waals surface area contributed by atoms with Crippen molar-refractivity contribution in [3.05, 3.63) is 92.9 Å². The van der Waals surface area contributed by atoms with Gasteiger partial charge < -0.3 is 18.9 Å². The van der Waals surface area contributed by atoms with Crippen molar-refractivity contribution in [1.29, 1.82) is 0 Å². The zero-order chi connectivity index (χ0) is 25.6. The van der Waals surface area contributed by atoms with E-state index < -0.39 is 29.4 Å². The zero-order valence-corrected chi connectivity index (χ0v) is 18.8. The van der Waals surface area contributed by atoms with Gasteiger partial charge in [-0.1, -0.05) is 6.07 Å². The molecule has 1 spiro atoms. The van der Waals surface area contributed by atoms with Crippen LogP contribution in [0.25, 0.3) is 10.4 Å². The van der Waals surface area contributed by atoms with E-state index >= 15 is 0 Å². The smallest absolute Gasteiger partial charge is 0.340 e. The van der Waals surface area contributed by atoms with Crippen molar-refractivity contribution in [2.75, 3.05) is 0 Å². The molecule has 0 N–H and O–H groups in total. The lowest BCUT2D eigenvalue weighted by Crippen LogP contribution is -2.33. The average Bonchev–Trinajstić information content (AvgIpc) is 3.10. The van der Waals surface area contributed by atoms with Crippen LogP contribution in [-0.4, -0.2) is 23.8 Å². The van der Waals surface area contributed by atoms with Crippen LogP contribution in [0.2, 0.25) is 0 Å². The fraction of sp³-hybridized carbons (Fsp3) is 0.120. The van der Waals surface area contributed by atoms with E-state index in [1.54, 1.807) is 12.1 Å². The van der Waals surface area contributed by atoms with Gasteiger partial charge in [-0.15, -0.1) is 0 Å². The molecule has 11 heteroatoms. The first-order chi connectivity index (χ1) is 17.2. The Balaban J connectivity index is 1.79. The number of fused-ring (bicyclic) bond motifs is 6. The van der Waals surface area contributed by atoms with E-state index in [2.05, 4.69) is 10.0 Å². The molecule has 5 rings (SSSR count). The highest BCUT2D eigenvalue weighted by molar-refractivity contribution is 6.01. The first-order valence-electron chi connectivity index (χ1n) is 10.5. The van der Waals surface area contributed by atoms with Gasteiger partial charge in [0.15, 0.2) is 5.60 Å². The van der Waals surface area contributed by atoms with E-state index in [9.17, 15) is 19.2 Å². The maximum absolute atomic E-state index is 13.0. The van der Waals surface area contributed by atoms with Gasteiger partial charge in [-0.2, -0.15) is 0 Å². The summed E-state index contributed by atoms with van der Waals surface area (Å²) in [6.45, 7) is 2.50. The summed E-state index contributed by atoms with van der Waals surface area (Å²) in [5.41, 5.74) is 8.47. The highest BCUT2D eigenvalue weighted by Crippen LogP contribution is 2.57. The van der Waals surface area contributed by atoms with Gasteiger partial charge >= 0.3 is 17.9 Å². The molecular weight excluding hydrogens is 470 g/mol. The molecule has 11 nitrogen and oxygen atoms in total. The predicted octanol–water partition coefficient (Wildman–Crippen LogP) is 4.56. The summed E-state index contributed by atoms with van der Waals surface area (Å²) >= 11 is 0. The fourth-order valence-corrected chi connectivity index (χ4v) is 4.37. The number of carbonyl (C=O) groups is 4. The highest BCUT2D eigenvalue weighted by atomic mass is 16.6. The molecular formula is C25H15N3O8. The fourth-order valence-electron chi connectivity index (χ4n) is 4.37. The average molecular weight is 485 g/mol. The molecule has 0 aromatic heterocycles. The van der Waals surface area contributed by atoms with Crippen LogP contribution in [0.3, 0.4) is 0 Å². The van der Waals surface area contributed by atoms with Gasteiger partial charge in [-0.05, 0) is 47.0 Å². The van der Waals surface area contributed by atoms with Gasteiger partial charge in [0, 0.05) is 53.1 Å². The van der Waals surface area contributed by atoms with E-state index in [4.69, 9.17) is 24.5 Å². The van der Waals surface area contributed by atoms with E-state index in [-0.39, 0.29) is 34.1 Å². The summed E-state index contributed by atoms with van der Waals surface area (Å²) in [6, 6.07) is 13.3. The Kier molecular flexibility index (Phi) is 5.19. The number of amides is 1. The third kappa shape index (κ3) is 3.51. The minimum Gasteiger partial charge on any atom is -0.456 e. The Labute approximate surface area is 202 Å². The van der Waals surface area contributed by atoms with E-state index in [1.165, 1.54) is 56.3 Å². The summed E-state index contributed by atoms with van der Waals surface area (Å²) in [7, 11) is 0. The zero-order valence-electron chi connectivity index (χ0n) is 18.8. The third-order valence-electron chi connectivity index (χ3n) is 5.65. The van der Waals surface area contributed by atoms with Crippen LogP contribution < -0.4 is 14.2 Å². The second kappa shape index (κ2) is 8.26. The van der Waals surface area contributed by atoms with Gasteiger partial charge in [0.25, 0.3) is 0 Å². The molecule has 178 valence electrons. The van der Waals surface area contributed by atoms with Gasteiger partial charge in [-0.25, -0.2) is 4.79 Å². The standard InChI is InChI=1S/C25H15N3O8/c1-12(29)33-15-4-7-18-21(10-15)35-22-11-16(34-13(2)30)5-8-19(22)25(18)20-9-14(23(31)27-28-26)3-6-17(20)24(32)36-25/h3-11H,1-2H3. The molecule has 0 fully saturated rings. The maximum atomic E-state index is 13.0. The molecule has 3 aromatic carbocycles. The SMILES string of the molecule is CC(=O)Oc1ccc2c(c1)Oc1cc(OC(C)=O)ccc1C21OC(=O)c2ccc(C(=O)N=[N+]=[N-])cc21. The topological polar surface area (TPSA) is 154 Å². The van der Waals surface area contributed by atoms with Crippen molar-refractivity contribution in [2.45, 2.75) is 19.4 Å². The second-order valence-electron chi connectivity index (χ2n) is 7.93. The monoisotopic (exact) mass is 485 g/mol. The number of rotatable bonds is 3. The molecule has 0 radical (unpaired) electrons. The molecule has 0 saturated carbocycles. The highest BCUT2D eigenvalue weighted by Gasteiger charge is 2.54. The summed E-state index contributed by atoms with van der Waals surface area (Å²) in [5.74, 6) is -1.80. The van der Waals surface area contributed by atoms with Crippen LogP contribution in [0, 0.1) is 0 Å². The minimum absolute atomic E-state index is 0.0480. The second-order valence-corrected chi connectivity index (χ2v) is 7.93. The van der Waals surface area contributed by atoms with Gasteiger partial charge in [-0.3, -0.25) is 14.4 Å². The summed E-state index contributed by atoms with van der Waals surface area (Å²) < 4.78 is 22.4. The lowest BCUT2D eigenvalue weighted by atomic mass is 9.77. The van der Waals surface area contributed by atoms with Crippen LogP contribution in [0.4, 0.5) is 0 Å². The van der Waals surface area contributed by atoms with Crippen LogP contribution >= 0.6 is 0 Å². The summed E-state index contributed by atoms with van der Waals surface area (Å²) in [6.07, 6.45) is 0. The first-order valence-corrected chi connectivity index (χ1v) is 10.5. The molecule has 2 heterocycles. The molecule has 0 unspecified atom stereocenters. The molecule has 3 aromatic rings. The van der Waals surface area contributed by atoms with E-state index in [0.29, 0.717) is 16.7 Å². The Morgan fingerprint density at radius 3 is 1.97 bits per heavy atom. The van der Waals surface area contributed by atoms with Crippen LogP contribution in [0.1, 0.15) is 51.3 Å². The number of azide groups is 1. The lowest BCUT2D eigenvalue weighted by Gasteiger charge is -2.36. The molecule has 0 bridgehead atoms. The molecule has 2 aliphatic heterocycles. The Morgan fingerprint density at radius 2 is 1.44 bits per heavy atom. The number of ether oxygens (including phenoxy) is 4. The van der Waals surface area contributed by atoms with Crippen LogP contribution in [0.5, 0.6) is 23.0 Å². The summed E-state index contributed by atoms with van der Waals surface area (Å²) in [5, 5.41) is 3.13. The molecule has 0 saturated heterocycles. The first kappa shape index (κ1) is 22.6. The maximum Gasteiger partial charge on any atom is 0.340 e. The minimum atomic E-state index is -1.56. The van der Waals surface area contributed by atoms with Crippen molar-refractivity contribution < 1.29 is 38.1 Å². The van der Waals surface area contributed by atoms with Gasteiger partial charge in [0.2, 0.25) is 5.91 Å².